The molecular formula is C10H18N4O. The molecule has 1 aromatic rings. The Morgan fingerprint density at radius 1 is 1.47 bits per heavy atom. The predicted octanol–water partition coefficient (Wildman–Crippen LogP) is 0.317. The molecule has 1 fully saturated rings. The summed E-state index contributed by atoms with van der Waals surface area (Å²) in [6.07, 6.45) is 1.87. The number of rotatable bonds is 3. The number of aromatic nitrogens is 2. The van der Waals surface area contributed by atoms with Crippen molar-refractivity contribution in [2.24, 2.45) is 0 Å². The van der Waals surface area contributed by atoms with E-state index in [1.807, 2.05) is 17.8 Å². The van der Waals surface area contributed by atoms with Crippen LogP contribution >= 0.6 is 0 Å². The zero-order valence-corrected chi connectivity index (χ0v) is 9.15. The fourth-order valence-electron chi connectivity index (χ4n) is 1.81. The molecule has 2 rings (SSSR count). The Balaban J connectivity index is 2.00. The number of nitrogens with zero attached hydrogens (tertiary/aromatic N) is 3. The van der Waals surface area contributed by atoms with Gasteiger partial charge in [0.15, 0.2) is 0 Å². The van der Waals surface area contributed by atoms with E-state index in [0.717, 1.165) is 50.8 Å². The summed E-state index contributed by atoms with van der Waals surface area (Å²) in [6, 6.07) is 0. The summed E-state index contributed by atoms with van der Waals surface area (Å²) in [6.45, 7) is 7.36. The number of hydrogen-bond donors (Lipinski definition) is 1. The summed E-state index contributed by atoms with van der Waals surface area (Å²) in [5.41, 5.74) is 7.10. The Labute approximate surface area is 89.8 Å². The molecule has 15 heavy (non-hydrogen) atoms. The van der Waals surface area contributed by atoms with Crippen molar-refractivity contribution in [3.63, 3.8) is 0 Å². The molecule has 84 valence electrons. The fourth-order valence-corrected chi connectivity index (χ4v) is 1.81. The standard InChI is InChI=1S/C10H18N4O/c1-2-14-10(11)9(7-12-14)8-13-3-5-15-6-4-13/h7H,2-6,8,11H2,1H3. The topological polar surface area (TPSA) is 56.3 Å². The number of ether oxygens (including phenoxy) is 1. The van der Waals surface area contributed by atoms with Gasteiger partial charge in [0.25, 0.3) is 0 Å². The molecule has 5 nitrogen and oxygen atoms in total. The van der Waals surface area contributed by atoms with E-state index >= 15 is 0 Å². The predicted molar refractivity (Wildman–Crippen MR) is 58.4 cm³/mol. The lowest BCUT2D eigenvalue weighted by atomic mass is 10.3. The van der Waals surface area contributed by atoms with Crippen LogP contribution in [0, 0.1) is 0 Å². The Hall–Kier alpha value is -1.07. The van der Waals surface area contributed by atoms with Crippen molar-refractivity contribution in [1.82, 2.24) is 14.7 Å². The van der Waals surface area contributed by atoms with E-state index in [4.69, 9.17) is 10.5 Å². The highest BCUT2D eigenvalue weighted by Gasteiger charge is 2.14. The van der Waals surface area contributed by atoms with Gasteiger partial charge in [0.1, 0.15) is 5.82 Å². The summed E-state index contributed by atoms with van der Waals surface area (Å²) in [5.74, 6) is 0.795. The van der Waals surface area contributed by atoms with Crippen LogP contribution < -0.4 is 5.73 Å². The van der Waals surface area contributed by atoms with Gasteiger partial charge in [-0.05, 0) is 6.92 Å². The van der Waals surface area contributed by atoms with Gasteiger partial charge in [0.05, 0.1) is 19.4 Å². The highest BCUT2D eigenvalue weighted by Crippen LogP contribution is 2.14. The van der Waals surface area contributed by atoms with Gasteiger partial charge < -0.3 is 10.5 Å². The van der Waals surface area contributed by atoms with Gasteiger partial charge in [0, 0.05) is 31.7 Å². The van der Waals surface area contributed by atoms with Crippen molar-refractivity contribution in [3.05, 3.63) is 11.8 Å². The lowest BCUT2D eigenvalue weighted by molar-refractivity contribution is 0.0342. The van der Waals surface area contributed by atoms with Crippen molar-refractivity contribution in [2.75, 3.05) is 32.0 Å². The van der Waals surface area contributed by atoms with E-state index in [2.05, 4.69) is 10.00 Å². The van der Waals surface area contributed by atoms with Crippen LogP contribution in [-0.4, -0.2) is 41.0 Å². The van der Waals surface area contributed by atoms with E-state index in [1.54, 1.807) is 0 Å². The maximum Gasteiger partial charge on any atom is 0.126 e. The minimum Gasteiger partial charge on any atom is -0.384 e. The van der Waals surface area contributed by atoms with Gasteiger partial charge in [-0.15, -0.1) is 0 Å². The zero-order valence-electron chi connectivity index (χ0n) is 9.15. The first-order chi connectivity index (χ1) is 7.31. The third kappa shape index (κ3) is 2.30. The van der Waals surface area contributed by atoms with Crippen LogP contribution in [0.5, 0.6) is 0 Å². The van der Waals surface area contributed by atoms with Crippen LogP contribution in [0.3, 0.4) is 0 Å². The first kappa shape index (κ1) is 10.4. The van der Waals surface area contributed by atoms with Gasteiger partial charge in [-0.25, -0.2) is 0 Å². The molecule has 2 heterocycles. The second-order valence-electron chi connectivity index (χ2n) is 3.76. The summed E-state index contributed by atoms with van der Waals surface area (Å²) in [5, 5.41) is 4.23. The third-order valence-electron chi connectivity index (χ3n) is 2.76. The Bertz CT molecular complexity index is 317. The van der Waals surface area contributed by atoms with Crippen LogP contribution in [-0.2, 0) is 17.8 Å². The first-order valence-electron chi connectivity index (χ1n) is 5.41. The third-order valence-corrected chi connectivity index (χ3v) is 2.76. The number of hydrogen-bond acceptors (Lipinski definition) is 4. The molecule has 0 unspecified atom stereocenters. The molecule has 0 bridgehead atoms. The van der Waals surface area contributed by atoms with Crippen molar-refractivity contribution in [3.8, 4) is 0 Å². The second-order valence-corrected chi connectivity index (χ2v) is 3.76. The largest absolute Gasteiger partial charge is 0.384 e. The van der Waals surface area contributed by atoms with Crippen LogP contribution in [0.2, 0.25) is 0 Å². The SMILES string of the molecule is CCn1ncc(CN2CCOCC2)c1N. The molecule has 1 saturated heterocycles. The summed E-state index contributed by atoms with van der Waals surface area (Å²) in [7, 11) is 0. The molecule has 0 saturated carbocycles. The average Bonchev–Trinajstić information content (AvgIpc) is 2.62. The van der Waals surface area contributed by atoms with Gasteiger partial charge in [-0.2, -0.15) is 5.10 Å². The van der Waals surface area contributed by atoms with E-state index in [9.17, 15) is 0 Å². The average molecular weight is 210 g/mol. The summed E-state index contributed by atoms with van der Waals surface area (Å²) >= 11 is 0. The van der Waals surface area contributed by atoms with Gasteiger partial charge in [-0.1, -0.05) is 0 Å². The van der Waals surface area contributed by atoms with Crippen molar-refractivity contribution in [1.29, 1.82) is 0 Å². The van der Waals surface area contributed by atoms with E-state index in [-0.39, 0.29) is 0 Å². The van der Waals surface area contributed by atoms with E-state index in [1.165, 1.54) is 0 Å². The van der Waals surface area contributed by atoms with Crippen molar-refractivity contribution < 1.29 is 4.74 Å². The van der Waals surface area contributed by atoms with Gasteiger partial charge in [-0.3, -0.25) is 9.58 Å². The monoisotopic (exact) mass is 210 g/mol. The molecular weight excluding hydrogens is 192 g/mol. The van der Waals surface area contributed by atoms with Crippen LogP contribution in [0.15, 0.2) is 6.20 Å². The maximum atomic E-state index is 5.97. The molecule has 5 heteroatoms. The molecule has 0 aliphatic carbocycles. The van der Waals surface area contributed by atoms with Gasteiger partial charge in [0.2, 0.25) is 0 Å². The molecule has 2 N–H and O–H groups in total. The minimum atomic E-state index is 0.795. The first-order valence-corrected chi connectivity index (χ1v) is 5.41. The normalized spacial score (nSPS) is 18.2. The van der Waals surface area contributed by atoms with Crippen LogP contribution in [0.25, 0.3) is 0 Å². The number of aryl methyl sites for hydroxylation is 1. The fraction of sp³-hybridized carbons (Fsp3) is 0.700. The molecule has 1 aliphatic heterocycles. The molecule has 0 spiro atoms. The number of anilines is 1. The minimum absolute atomic E-state index is 0.795. The van der Waals surface area contributed by atoms with E-state index < -0.39 is 0 Å². The van der Waals surface area contributed by atoms with Crippen LogP contribution in [0.4, 0.5) is 5.82 Å². The van der Waals surface area contributed by atoms with Crippen LogP contribution in [0.1, 0.15) is 12.5 Å². The number of nitrogens with two attached hydrogens (primary N) is 1. The highest BCUT2D eigenvalue weighted by atomic mass is 16.5. The quantitative estimate of drug-likeness (QED) is 0.780. The van der Waals surface area contributed by atoms with Crippen molar-refractivity contribution >= 4 is 5.82 Å². The lowest BCUT2D eigenvalue weighted by Gasteiger charge is -2.26. The lowest BCUT2D eigenvalue weighted by Crippen LogP contribution is -2.35. The van der Waals surface area contributed by atoms with Gasteiger partial charge >= 0.3 is 0 Å². The molecule has 0 amide bonds. The zero-order chi connectivity index (χ0) is 10.7. The Morgan fingerprint density at radius 2 is 2.20 bits per heavy atom. The Kier molecular flexibility index (Phi) is 3.23. The molecule has 1 aromatic heterocycles. The summed E-state index contributed by atoms with van der Waals surface area (Å²) < 4.78 is 7.13. The number of nitrogen functional groups attached to an aromatic ring is 1. The van der Waals surface area contributed by atoms with Crippen molar-refractivity contribution in [2.45, 2.75) is 20.0 Å². The Morgan fingerprint density at radius 3 is 2.80 bits per heavy atom. The number of morpholine rings is 1. The highest BCUT2D eigenvalue weighted by molar-refractivity contribution is 5.38. The molecule has 0 radical (unpaired) electrons. The molecule has 0 atom stereocenters. The maximum absolute atomic E-state index is 5.97. The second kappa shape index (κ2) is 4.63. The molecule has 0 aromatic carbocycles. The summed E-state index contributed by atoms with van der Waals surface area (Å²) in [4.78, 5) is 2.34. The molecule has 1 aliphatic rings. The van der Waals surface area contributed by atoms with E-state index in [0.29, 0.717) is 0 Å². The smallest absolute Gasteiger partial charge is 0.126 e.